The Morgan fingerprint density at radius 3 is 1.93 bits per heavy atom. The molecule has 0 aliphatic rings. The SMILES string of the molecule is CCCCCCCCN(CCCCCCC)C(=O)/C=C/c1cccc(C(F)(F)F)c1. The molecule has 0 aliphatic carbocycles. The Labute approximate surface area is 180 Å². The molecule has 30 heavy (non-hydrogen) atoms. The number of unbranched alkanes of at least 4 members (excludes halogenated alkanes) is 9. The van der Waals surface area contributed by atoms with E-state index in [2.05, 4.69) is 13.8 Å². The summed E-state index contributed by atoms with van der Waals surface area (Å²) in [7, 11) is 0. The lowest BCUT2D eigenvalue weighted by atomic mass is 10.1. The largest absolute Gasteiger partial charge is 0.416 e. The van der Waals surface area contributed by atoms with E-state index < -0.39 is 11.7 Å². The molecule has 5 heteroatoms. The summed E-state index contributed by atoms with van der Waals surface area (Å²) >= 11 is 0. The minimum absolute atomic E-state index is 0.114. The fourth-order valence-electron chi connectivity index (χ4n) is 3.41. The Morgan fingerprint density at radius 2 is 1.40 bits per heavy atom. The van der Waals surface area contributed by atoms with Crippen LogP contribution in [-0.2, 0) is 11.0 Å². The fourth-order valence-corrected chi connectivity index (χ4v) is 3.41. The second-order valence-corrected chi connectivity index (χ2v) is 7.96. The normalized spacial score (nSPS) is 11.9. The Balaban J connectivity index is 2.64. The smallest absolute Gasteiger partial charge is 0.339 e. The molecular formula is C25H38F3NO. The summed E-state index contributed by atoms with van der Waals surface area (Å²) in [5.41, 5.74) is -0.308. The van der Waals surface area contributed by atoms with Crippen molar-refractivity contribution in [2.75, 3.05) is 13.1 Å². The van der Waals surface area contributed by atoms with Gasteiger partial charge in [-0.15, -0.1) is 0 Å². The molecule has 0 heterocycles. The molecule has 0 N–H and O–H groups in total. The van der Waals surface area contributed by atoms with E-state index in [4.69, 9.17) is 0 Å². The molecule has 1 rings (SSSR count). The van der Waals surface area contributed by atoms with Crippen molar-refractivity contribution >= 4 is 12.0 Å². The number of amides is 1. The lowest BCUT2D eigenvalue weighted by molar-refractivity contribution is -0.137. The summed E-state index contributed by atoms with van der Waals surface area (Å²) in [6.45, 7) is 5.79. The van der Waals surface area contributed by atoms with E-state index >= 15 is 0 Å². The molecule has 2 nitrogen and oxygen atoms in total. The predicted molar refractivity (Wildman–Crippen MR) is 119 cm³/mol. The molecule has 0 unspecified atom stereocenters. The maximum Gasteiger partial charge on any atom is 0.416 e. The zero-order chi connectivity index (χ0) is 22.2. The average molecular weight is 426 g/mol. The molecule has 0 saturated carbocycles. The second kappa shape index (κ2) is 15.1. The van der Waals surface area contributed by atoms with Crippen LogP contribution in [0.5, 0.6) is 0 Å². The highest BCUT2D eigenvalue weighted by atomic mass is 19.4. The molecule has 0 saturated heterocycles. The first-order chi connectivity index (χ1) is 14.4. The first kappa shape index (κ1) is 26.3. The monoisotopic (exact) mass is 425 g/mol. The van der Waals surface area contributed by atoms with E-state index in [0.717, 1.165) is 37.8 Å². The number of carbonyl (C=O) groups excluding carboxylic acids is 1. The minimum Gasteiger partial charge on any atom is -0.339 e. The molecule has 1 amide bonds. The van der Waals surface area contributed by atoms with Crippen molar-refractivity contribution in [1.29, 1.82) is 0 Å². The van der Waals surface area contributed by atoms with Gasteiger partial charge in [-0.25, -0.2) is 0 Å². The summed E-state index contributed by atoms with van der Waals surface area (Å²) in [6.07, 6.45) is 11.1. The van der Waals surface area contributed by atoms with E-state index in [-0.39, 0.29) is 5.91 Å². The topological polar surface area (TPSA) is 20.3 Å². The maximum atomic E-state index is 12.9. The Hall–Kier alpha value is -1.78. The molecule has 0 radical (unpaired) electrons. The van der Waals surface area contributed by atoms with Crippen molar-refractivity contribution in [2.24, 2.45) is 0 Å². The average Bonchev–Trinajstić information content (AvgIpc) is 2.72. The van der Waals surface area contributed by atoms with Crippen LogP contribution in [0.1, 0.15) is 95.6 Å². The van der Waals surface area contributed by atoms with E-state index in [1.165, 1.54) is 63.2 Å². The van der Waals surface area contributed by atoms with Crippen LogP contribution >= 0.6 is 0 Å². The lowest BCUT2D eigenvalue weighted by Gasteiger charge is -2.21. The van der Waals surface area contributed by atoms with Gasteiger partial charge in [0.2, 0.25) is 5.91 Å². The van der Waals surface area contributed by atoms with Crippen LogP contribution in [0.15, 0.2) is 30.3 Å². The number of alkyl halides is 3. The summed E-state index contributed by atoms with van der Waals surface area (Å²) in [5.74, 6) is -0.114. The van der Waals surface area contributed by atoms with Crippen LogP contribution in [0.3, 0.4) is 0 Å². The highest BCUT2D eigenvalue weighted by Gasteiger charge is 2.30. The van der Waals surface area contributed by atoms with Gasteiger partial charge in [0.1, 0.15) is 0 Å². The molecule has 170 valence electrons. The van der Waals surface area contributed by atoms with Gasteiger partial charge in [-0.05, 0) is 36.6 Å². The van der Waals surface area contributed by atoms with E-state index in [0.29, 0.717) is 18.7 Å². The van der Waals surface area contributed by atoms with Gasteiger partial charge in [0, 0.05) is 19.2 Å². The molecule has 0 aliphatic heterocycles. The van der Waals surface area contributed by atoms with Crippen LogP contribution in [0.4, 0.5) is 13.2 Å². The van der Waals surface area contributed by atoms with Gasteiger partial charge in [0.25, 0.3) is 0 Å². The third-order valence-electron chi connectivity index (χ3n) is 5.26. The van der Waals surface area contributed by atoms with Crippen LogP contribution in [0.25, 0.3) is 6.08 Å². The number of hydrogen-bond acceptors (Lipinski definition) is 1. The number of benzene rings is 1. The molecule has 0 bridgehead atoms. The maximum absolute atomic E-state index is 12.9. The molecule has 1 aromatic rings. The predicted octanol–water partition coefficient (Wildman–Crippen LogP) is 7.88. The number of carbonyl (C=O) groups is 1. The van der Waals surface area contributed by atoms with Crippen LogP contribution in [0, 0.1) is 0 Å². The Kier molecular flexibility index (Phi) is 13.2. The van der Waals surface area contributed by atoms with Gasteiger partial charge in [-0.2, -0.15) is 13.2 Å². The first-order valence-electron chi connectivity index (χ1n) is 11.5. The van der Waals surface area contributed by atoms with Crippen molar-refractivity contribution in [3.05, 3.63) is 41.5 Å². The minimum atomic E-state index is -4.38. The first-order valence-corrected chi connectivity index (χ1v) is 11.5. The molecule has 0 aromatic heterocycles. The lowest BCUT2D eigenvalue weighted by Crippen LogP contribution is -2.31. The highest BCUT2D eigenvalue weighted by molar-refractivity contribution is 5.91. The van der Waals surface area contributed by atoms with Crippen molar-refractivity contribution in [1.82, 2.24) is 4.90 Å². The molecular weight excluding hydrogens is 387 g/mol. The molecule has 0 spiro atoms. The van der Waals surface area contributed by atoms with Crippen molar-refractivity contribution in [3.63, 3.8) is 0 Å². The summed E-state index contributed by atoms with van der Waals surface area (Å²) in [6, 6.07) is 5.07. The number of rotatable bonds is 15. The van der Waals surface area contributed by atoms with Gasteiger partial charge in [0.05, 0.1) is 5.56 Å². The molecule has 0 fully saturated rings. The number of nitrogens with zero attached hydrogens (tertiary/aromatic N) is 1. The van der Waals surface area contributed by atoms with Gasteiger partial charge in [-0.1, -0.05) is 83.8 Å². The Bertz CT molecular complexity index is 625. The highest BCUT2D eigenvalue weighted by Crippen LogP contribution is 2.29. The van der Waals surface area contributed by atoms with Crippen LogP contribution in [-0.4, -0.2) is 23.9 Å². The van der Waals surface area contributed by atoms with Crippen LogP contribution < -0.4 is 0 Å². The standard InChI is InChI=1S/C25H38F3NO/c1-3-5-7-9-11-13-20-29(19-12-10-8-6-4-2)24(30)18-17-22-15-14-16-23(21-22)25(26,27)28/h14-18,21H,3-13,19-20H2,1-2H3/b18-17+. The Morgan fingerprint density at radius 1 is 0.867 bits per heavy atom. The van der Waals surface area contributed by atoms with E-state index in [1.807, 2.05) is 4.90 Å². The summed E-state index contributed by atoms with van der Waals surface area (Å²) < 4.78 is 38.6. The van der Waals surface area contributed by atoms with Crippen molar-refractivity contribution in [2.45, 2.75) is 90.7 Å². The molecule has 1 aromatic carbocycles. The molecule has 0 atom stereocenters. The van der Waals surface area contributed by atoms with E-state index in [1.54, 1.807) is 6.07 Å². The third-order valence-corrected chi connectivity index (χ3v) is 5.26. The van der Waals surface area contributed by atoms with Gasteiger partial charge in [-0.3, -0.25) is 4.79 Å². The van der Waals surface area contributed by atoms with Crippen LogP contribution in [0.2, 0.25) is 0 Å². The zero-order valence-electron chi connectivity index (χ0n) is 18.6. The van der Waals surface area contributed by atoms with Gasteiger partial charge >= 0.3 is 6.18 Å². The second-order valence-electron chi connectivity index (χ2n) is 7.96. The number of halogens is 3. The summed E-state index contributed by atoms with van der Waals surface area (Å²) in [5, 5.41) is 0. The van der Waals surface area contributed by atoms with Gasteiger partial charge in [0.15, 0.2) is 0 Å². The van der Waals surface area contributed by atoms with E-state index in [9.17, 15) is 18.0 Å². The third kappa shape index (κ3) is 11.4. The zero-order valence-corrected chi connectivity index (χ0v) is 18.6. The summed E-state index contributed by atoms with van der Waals surface area (Å²) in [4.78, 5) is 14.6. The quantitative estimate of drug-likeness (QED) is 0.207. The van der Waals surface area contributed by atoms with Crippen molar-refractivity contribution < 1.29 is 18.0 Å². The fraction of sp³-hybridized carbons (Fsp3) is 0.640. The van der Waals surface area contributed by atoms with Gasteiger partial charge < -0.3 is 4.90 Å². The van der Waals surface area contributed by atoms with Crippen molar-refractivity contribution in [3.8, 4) is 0 Å². The number of hydrogen-bond donors (Lipinski definition) is 0.